The van der Waals surface area contributed by atoms with Gasteiger partial charge in [-0.3, -0.25) is 4.79 Å². The van der Waals surface area contributed by atoms with Crippen molar-refractivity contribution >= 4 is 5.78 Å². The van der Waals surface area contributed by atoms with Crippen molar-refractivity contribution in [2.45, 2.75) is 60.8 Å². The molecule has 0 heterocycles. The summed E-state index contributed by atoms with van der Waals surface area (Å²) in [6, 6.07) is 0. The van der Waals surface area contributed by atoms with Gasteiger partial charge in [-0.1, -0.05) is 39.3 Å². The highest BCUT2D eigenvalue weighted by molar-refractivity contribution is 5.83. The van der Waals surface area contributed by atoms with Crippen LogP contribution in [-0.4, -0.2) is 5.78 Å². The highest BCUT2D eigenvalue weighted by Gasteiger charge is 2.43. The molecular weight excluding hydrogens is 196 g/mol. The van der Waals surface area contributed by atoms with Gasteiger partial charge in [0.15, 0.2) is 0 Å². The molecule has 0 N–H and O–H groups in total. The van der Waals surface area contributed by atoms with Gasteiger partial charge in [0.1, 0.15) is 5.78 Å². The first-order valence-corrected chi connectivity index (χ1v) is 6.32. The molecule has 0 aromatic heterocycles. The summed E-state index contributed by atoms with van der Waals surface area (Å²) in [5.74, 6) is 0.239. The third-order valence-electron chi connectivity index (χ3n) is 4.82. The highest BCUT2D eigenvalue weighted by Crippen LogP contribution is 2.53. The average molecular weight is 222 g/mol. The van der Waals surface area contributed by atoms with Crippen LogP contribution >= 0.6 is 0 Å². The lowest BCUT2D eigenvalue weighted by Crippen LogP contribution is -2.28. The summed E-state index contributed by atoms with van der Waals surface area (Å²) >= 11 is 0. The molecule has 0 aromatic rings. The Balaban J connectivity index is 2.89. The van der Waals surface area contributed by atoms with E-state index < -0.39 is 0 Å². The van der Waals surface area contributed by atoms with E-state index in [9.17, 15) is 4.79 Å². The molecule has 0 aliphatic heterocycles. The number of Topliss-reactive ketones (excluding diaryl/α,β-unsaturated/α-hetero) is 1. The second-order valence-corrected chi connectivity index (χ2v) is 6.77. The molecule has 1 heteroatoms. The summed E-state index contributed by atoms with van der Waals surface area (Å²) < 4.78 is 0. The van der Waals surface area contributed by atoms with Crippen LogP contribution in [0.3, 0.4) is 0 Å². The molecule has 1 nitrogen and oxygen atoms in total. The van der Waals surface area contributed by atoms with Gasteiger partial charge >= 0.3 is 0 Å². The molecule has 92 valence electrons. The molecule has 0 amide bonds. The van der Waals surface area contributed by atoms with Crippen molar-refractivity contribution in [1.29, 1.82) is 0 Å². The summed E-state index contributed by atoms with van der Waals surface area (Å²) in [7, 11) is 0. The number of allylic oxidation sites excluding steroid dienone is 2. The van der Waals surface area contributed by atoms with Gasteiger partial charge in [0.05, 0.1) is 0 Å². The van der Waals surface area contributed by atoms with Crippen LogP contribution in [0.2, 0.25) is 0 Å². The van der Waals surface area contributed by atoms with Crippen molar-refractivity contribution in [2.75, 3.05) is 0 Å². The first kappa shape index (κ1) is 13.5. The zero-order valence-corrected chi connectivity index (χ0v) is 11.7. The Kier molecular flexibility index (Phi) is 3.38. The molecule has 1 saturated carbocycles. The molecule has 0 saturated heterocycles. The summed E-state index contributed by atoms with van der Waals surface area (Å²) in [6.07, 6.45) is 8.23. The van der Waals surface area contributed by atoms with Gasteiger partial charge < -0.3 is 0 Å². The topological polar surface area (TPSA) is 17.1 Å². The molecule has 0 bridgehead atoms. The molecule has 1 fully saturated rings. The fourth-order valence-corrected chi connectivity index (χ4v) is 2.34. The lowest BCUT2D eigenvalue weighted by Gasteiger charge is -2.36. The van der Waals surface area contributed by atoms with E-state index in [2.05, 4.69) is 32.9 Å². The Morgan fingerprint density at radius 1 is 1.19 bits per heavy atom. The van der Waals surface area contributed by atoms with Crippen LogP contribution in [0.15, 0.2) is 12.2 Å². The Hall–Kier alpha value is -0.590. The molecule has 0 spiro atoms. The maximum absolute atomic E-state index is 11.5. The average Bonchev–Trinajstić information content (AvgIpc) is 2.39. The lowest BCUT2D eigenvalue weighted by atomic mass is 9.68. The highest BCUT2D eigenvalue weighted by atomic mass is 16.1. The third kappa shape index (κ3) is 2.39. The molecule has 1 atom stereocenters. The van der Waals surface area contributed by atoms with Crippen molar-refractivity contribution in [3.63, 3.8) is 0 Å². The van der Waals surface area contributed by atoms with Crippen LogP contribution in [0, 0.1) is 16.2 Å². The minimum Gasteiger partial charge on any atom is -0.299 e. The molecule has 1 unspecified atom stereocenters. The largest absolute Gasteiger partial charge is 0.299 e. The number of hydrogen-bond donors (Lipinski definition) is 0. The zero-order chi connectivity index (χ0) is 12.6. The quantitative estimate of drug-likeness (QED) is 0.648. The van der Waals surface area contributed by atoms with E-state index >= 15 is 0 Å². The van der Waals surface area contributed by atoms with Crippen molar-refractivity contribution in [1.82, 2.24) is 0 Å². The second-order valence-electron chi connectivity index (χ2n) is 6.77. The molecular formula is C15H26O. The van der Waals surface area contributed by atoms with Gasteiger partial charge in [0.25, 0.3) is 0 Å². The summed E-state index contributed by atoms with van der Waals surface area (Å²) in [4.78, 5) is 11.5. The molecule has 16 heavy (non-hydrogen) atoms. The van der Waals surface area contributed by atoms with Gasteiger partial charge in [-0.2, -0.15) is 0 Å². The number of ketones is 1. The minimum atomic E-state index is -0.318. The van der Waals surface area contributed by atoms with Crippen LogP contribution in [0.5, 0.6) is 0 Å². The van der Waals surface area contributed by atoms with Gasteiger partial charge in [0, 0.05) is 5.41 Å². The normalized spacial score (nSPS) is 29.9. The smallest absolute Gasteiger partial charge is 0.139 e. The van der Waals surface area contributed by atoms with Crippen LogP contribution < -0.4 is 0 Å². The summed E-state index contributed by atoms with van der Waals surface area (Å²) in [6.45, 7) is 12.7. The van der Waals surface area contributed by atoms with E-state index in [0.717, 1.165) is 0 Å². The Morgan fingerprint density at radius 3 is 2.12 bits per heavy atom. The maximum atomic E-state index is 11.5. The third-order valence-corrected chi connectivity index (χ3v) is 4.82. The molecule has 1 aliphatic rings. The summed E-state index contributed by atoms with van der Waals surface area (Å²) in [5.41, 5.74) is 0.289. The van der Waals surface area contributed by atoms with Gasteiger partial charge in [-0.15, -0.1) is 0 Å². The SMILES string of the molecule is CC(=O)C(C)(C)/C=C/C1(C)CCCC1(C)C. The van der Waals surface area contributed by atoms with E-state index in [1.165, 1.54) is 19.3 Å². The number of carbonyl (C=O) groups is 1. The van der Waals surface area contributed by atoms with Gasteiger partial charge in [-0.05, 0) is 44.4 Å². The van der Waals surface area contributed by atoms with E-state index in [4.69, 9.17) is 0 Å². The van der Waals surface area contributed by atoms with Crippen molar-refractivity contribution in [2.24, 2.45) is 16.2 Å². The standard InChI is InChI=1S/C15H26O/c1-12(16)13(2,3)10-11-15(6)9-7-8-14(15,4)5/h10-11H,7-9H2,1-6H3/b11-10+. The maximum Gasteiger partial charge on any atom is 0.139 e. The Bertz CT molecular complexity index is 309. The van der Waals surface area contributed by atoms with Crippen LogP contribution in [-0.2, 0) is 4.79 Å². The molecule has 1 rings (SSSR count). The van der Waals surface area contributed by atoms with E-state index in [1.807, 2.05) is 13.8 Å². The van der Waals surface area contributed by atoms with Gasteiger partial charge in [0.2, 0.25) is 0 Å². The predicted molar refractivity (Wildman–Crippen MR) is 69.3 cm³/mol. The number of carbonyl (C=O) groups excluding carboxylic acids is 1. The molecule has 0 aromatic carbocycles. The van der Waals surface area contributed by atoms with Crippen molar-refractivity contribution in [3.05, 3.63) is 12.2 Å². The number of rotatable bonds is 3. The minimum absolute atomic E-state index is 0.239. The summed E-state index contributed by atoms with van der Waals surface area (Å²) in [5, 5.41) is 0. The fourth-order valence-electron chi connectivity index (χ4n) is 2.34. The predicted octanol–water partition coefficient (Wildman–Crippen LogP) is 4.37. The van der Waals surface area contributed by atoms with Crippen LogP contribution in [0.4, 0.5) is 0 Å². The van der Waals surface area contributed by atoms with Gasteiger partial charge in [-0.25, -0.2) is 0 Å². The van der Waals surface area contributed by atoms with Crippen molar-refractivity contribution < 1.29 is 4.79 Å². The fraction of sp³-hybridized carbons (Fsp3) is 0.800. The van der Waals surface area contributed by atoms with E-state index in [1.54, 1.807) is 6.92 Å². The van der Waals surface area contributed by atoms with Crippen molar-refractivity contribution in [3.8, 4) is 0 Å². The monoisotopic (exact) mass is 222 g/mol. The van der Waals surface area contributed by atoms with Crippen LogP contribution in [0.25, 0.3) is 0 Å². The lowest BCUT2D eigenvalue weighted by molar-refractivity contribution is -0.122. The van der Waals surface area contributed by atoms with E-state index in [0.29, 0.717) is 5.41 Å². The zero-order valence-electron chi connectivity index (χ0n) is 11.7. The first-order chi connectivity index (χ1) is 7.11. The first-order valence-electron chi connectivity index (χ1n) is 6.32. The molecule has 1 aliphatic carbocycles. The molecule has 0 radical (unpaired) electrons. The second kappa shape index (κ2) is 4.01. The Labute approximate surface area is 100 Å². The van der Waals surface area contributed by atoms with E-state index in [-0.39, 0.29) is 16.6 Å². The number of hydrogen-bond acceptors (Lipinski definition) is 1. The van der Waals surface area contributed by atoms with Crippen LogP contribution in [0.1, 0.15) is 60.8 Å². The Morgan fingerprint density at radius 2 is 1.75 bits per heavy atom.